The van der Waals surface area contributed by atoms with Crippen LogP contribution in [0.25, 0.3) is 10.9 Å². The Kier molecular flexibility index (Phi) is 3.81. The molecule has 1 aromatic heterocycles. The summed E-state index contributed by atoms with van der Waals surface area (Å²) >= 11 is 0. The fourth-order valence-electron chi connectivity index (χ4n) is 1.92. The molecular formula is C15H16N2O. The van der Waals surface area contributed by atoms with Gasteiger partial charge in [0.25, 0.3) is 0 Å². The predicted molar refractivity (Wildman–Crippen MR) is 73.4 cm³/mol. The van der Waals surface area contributed by atoms with Gasteiger partial charge in [-0.2, -0.15) is 0 Å². The van der Waals surface area contributed by atoms with Crippen LogP contribution in [-0.4, -0.2) is 22.7 Å². The molecule has 18 heavy (non-hydrogen) atoms. The largest absolute Gasteiger partial charge is 0.506 e. The van der Waals surface area contributed by atoms with Gasteiger partial charge in [-0.25, -0.2) is 0 Å². The maximum atomic E-state index is 9.74. The number of pyridine rings is 1. The van der Waals surface area contributed by atoms with Gasteiger partial charge in [0.1, 0.15) is 11.3 Å². The third kappa shape index (κ3) is 2.61. The summed E-state index contributed by atoms with van der Waals surface area (Å²) in [6, 6.07) is 7.55. The molecule has 3 heteroatoms. The number of phenols is 1. The maximum Gasteiger partial charge on any atom is 0.141 e. The number of hydrogen-bond donors (Lipinski definition) is 2. The van der Waals surface area contributed by atoms with Gasteiger partial charge in [0.05, 0.1) is 6.04 Å². The molecule has 92 valence electrons. The maximum absolute atomic E-state index is 9.74. The summed E-state index contributed by atoms with van der Waals surface area (Å²) in [5, 5.41) is 14.0. The first-order chi connectivity index (χ1) is 8.72. The van der Waals surface area contributed by atoms with E-state index >= 15 is 0 Å². The van der Waals surface area contributed by atoms with Crippen molar-refractivity contribution >= 4 is 10.9 Å². The van der Waals surface area contributed by atoms with Crippen molar-refractivity contribution in [3.63, 3.8) is 0 Å². The molecule has 1 aromatic carbocycles. The van der Waals surface area contributed by atoms with Crippen molar-refractivity contribution in [2.24, 2.45) is 0 Å². The van der Waals surface area contributed by atoms with Crippen LogP contribution >= 0.6 is 0 Å². The van der Waals surface area contributed by atoms with Gasteiger partial charge in [-0.15, -0.1) is 6.42 Å². The second-order valence-electron chi connectivity index (χ2n) is 4.24. The minimum Gasteiger partial charge on any atom is -0.506 e. The lowest BCUT2D eigenvalue weighted by Gasteiger charge is -2.10. The molecule has 0 saturated carbocycles. The third-order valence-electron chi connectivity index (χ3n) is 2.93. The van der Waals surface area contributed by atoms with Crippen LogP contribution in [0.5, 0.6) is 5.75 Å². The molecule has 0 aliphatic carbocycles. The molecule has 1 atom stereocenters. The summed E-state index contributed by atoms with van der Waals surface area (Å²) in [7, 11) is 0. The fraction of sp³-hybridized carbons (Fsp3) is 0.267. The monoisotopic (exact) mass is 240 g/mol. The molecule has 3 nitrogen and oxygen atoms in total. The van der Waals surface area contributed by atoms with E-state index in [0.29, 0.717) is 5.52 Å². The molecule has 2 N–H and O–H groups in total. The van der Waals surface area contributed by atoms with Crippen LogP contribution in [0.4, 0.5) is 0 Å². The van der Waals surface area contributed by atoms with E-state index < -0.39 is 0 Å². The predicted octanol–water partition coefficient (Wildman–Crippen LogP) is 2.09. The van der Waals surface area contributed by atoms with Gasteiger partial charge >= 0.3 is 0 Å². The minimum absolute atomic E-state index is 0.0755. The number of nitrogens with zero attached hydrogens (tertiary/aromatic N) is 1. The van der Waals surface area contributed by atoms with Crippen LogP contribution in [-0.2, 0) is 6.42 Å². The molecule has 0 radical (unpaired) electrons. The Labute approximate surface area is 107 Å². The zero-order chi connectivity index (χ0) is 13.0. The lowest BCUT2D eigenvalue weighted by Crippen LogP contribution is -2.26. The van der Waals surface area contributed by atoms with Crippen molar-refractivity contribution in [3.05, 3.63) is 36.0 Å². The van der Waals surface area contributed by atoms with Crippen LogP contribution in [0.2, 0.25) is 0 Å². The van der Waals surface area contributed by atoms with Crippen LogP contribution < -0.4 is 5.32 Å². The van der Waals surface area contributed by atoms with E-state index in [0.717, 1.165) is 23.9 Å². The molecule has 1 unspecified atom stereocenters. The highest BCUT2D eigenvalue weighted by molar-refractivity contribution is 5.87. The highest BCUT2D eigenvalue weighted by Gasteiger charge is 2.06. The molecule has 0 spiro atoms. The Bertz CT molecular complexity index is 587. The molecule has 0 saturated heterocycles. The van der Waals surface area contributed by atoms with Crippen LogP contribution in [0.3, 0.4) is 0 Å². The van der Waals surface area contributed by atoms with Crippen LogP contribution in [0, 0.1) is 12.3 Å². The first-order valence-corrected chi connectivity index (χ1v) is 5.97. The van der Waals surface area contributed by atoms with Gasteiger partial charge in [-0.05, 0) is 31.0 Å². The summed E-state index contributed by atoms with van der Waals surface area (Å²) in [6.07, 6.45) is 7.85. The molecule has 2 rings (SSSR count). The van der Waals surface area contributed by atoms with Crippen molar-refractivity contribution < 1.29 is 5.11 Å². The van der Waals surface area contributed by atoms with Gasteiger partial charge < -0.3 is 10.4 Å². The van der Waals surface area contributed by atoms with E-state index in [1.165, 1.54) is 0 Å². The van der Waals surface area contributed by atoms with Gasteiger partial charge in [0.15, 0.2) is 0 Å². The second-order valence-corrected chi connectivity index (χ2v) is 4.24. The van der Waals surface area contributed by atoms with Crippen molar-refractivity contribution in [2.75, 3.05) is 6.54 Å². The van der Waals surface area contributed by atoms with Gasteiger partial charge in [-0.3, -0.25) is 4.98 Å². The summed E-state index contributed by atoms with van der Waals surface area (Å²) in [5.74, 6) is 2.86. The number of rotatable bonds is 4. The highest BCUT2D eigenvalue weighted by atomic mass is 16.3. The first-order valence-electron chi connectivity index (χ1n) is 5.97. The van der Waals surface area contributed by atoms with E-state index in [-0.39, 0.29) is 11.8 Å². The molecule has 0 aliphatic heterocycles. The number of nitrogens with one attached hydrogen (secondary N) is 1. The SMILES string of the molecule is C#CC(C)NCCc1ccc(O)c2ncccc12. The van der Waals surface area contributed by atoms with Crippen LogP contribution in [0.1, 0.15) is 12.5 Å². The van der Waals surface area contributed by atoms with E-state index in [2.05, 4.69) is 16.2 Å². The van der Waals surface area contributed by atoms with E-state index in [1.54, 1.807) is 12.3 Å². The molecule has 0 fully saturated rings. The van der Waals surface area contributed by atoms with Crippen molar-refractivity contribution in [1.29, 1.82) is 0 Å². The minimum atomic E-state index is 0.0755. The lowest BCUT2D eigenvalue weighted by molar-refractivity contribution is 0.480. The molecule has 0 amide bonds. The summed E-state index contributed by atoms with van der Waals surface area (Å²) in [4.78, 5) is 4.20. The van der Waals surface area contributed by atoms with Crippen molar-refractivity contribution in [1.82, 2.24) is 10.3 Å². The zero-order valence-corrected chi connectivity index (χ0v) is 10.4. The number of phenolic OH excluding ortho intramolecular Hbond substituents is 1. The standard InChI is InChI=1S/C15H16N2O/c1-3-11(2)16-10-8-12-6-7-14(18)15-13(12)5-4-9-17-15/h1,4-7,9,11,16,18H,8,10H2,2H3. The highest BCUT2D eigenvalue weighted by Crippen LogP contribution is 2.25. The molecule has 1 heterocycles. The quantitative estimate of drug-likeness (QED) is 0.804. The number of fused-ring (bicyclic) bond motifs is 1. The van der Waals surface area contributed by atoms with Gasteiger partial charge in [0, 0.05) is 18.1 Å². The van der Waals surface area contributed by atoms with Crippen molar-refractivity contribution in [2.45, 2.75) is 19.4 Å². The fourth-order valence-corrected chi connectivity index (χ4v) is 1.92. The van der Waals surface area contributed by atoms with Gasteiger partial charge in [-0.1, -0.05) is 18.1 Å². The average molecular weight is 240 g/mol. The molecular weight excluding hydrogens is 224 g/mol. The Morgan fingerprint density at radius 3 is 3.06 bits per heavy atom. The number of aromatic hydroxyl groups is 1. The Morgan fingerprint density at radius 1 is 1.44 bits per heavy atom. The topological polar surface area (TPSA) is 45.1 Å². The summed E-state index contributed by atoms with van der Waals surface area (Å²) < 4.78 is 0. The third-order valence-corrected chi connectivity index (χ3v) is 2.93. The van der Waals surface area contributed by atoms with Crippen molar-refractivity contribution in [3.8, 4) is 18.1 Å². The first kappa shape index (κ1) is 12.4. The number of aromatic nitrogens is 1. The Balaban J connectivity index is 2.19. The second kappa shape index (κ2) is 5.52. The average Bonchev–Trinajstić information content (AvgIpc) is 2.41. The Morgan fingerprint density at radius 2 is 2.28 bits per heavy atom. The van der Waals surface area contributed by atoms with Crippen LogP contribution in [0.15, 0.2) is 30.5 Å². The van der Waals surface area contributed by atoms with E-state index in [9.17, 15) is 5.11 Å². The number of benzene rings is 1. The number of hydrogen-bond acceptors (Lipinski definition) is 3. The lowest BCUT2D eigenvalue weighted by atomic mass is 10.0. The number of terminal acetylenes is 1. The molecule has 2 aromatic rings. The summed E-state index contributed by atoms with van der Waals surface area (Å²) in [6.45, 7) is 2.76. The summed E-state index contributed by atoms with van der Waals surface area (Å²) in [5.41, 5.74) is 1.81. The van der Waals surface area contributed by atoms with E-state index in [1.807, 2.05) is 25.1 Å². The van der Waals surface area contributed by atoms with E-state index in [4.69, 9.17) is 6.42 Å². The normalized spacial score (nSPS) is 12.2. The Hall–Kier alpha value is -2.05. The molecule has 0 aliphatic rings. The van der Waals surface area contributed by atoms with Gasteiger partial charge in [0.2, 0.25) is 0 Å². The zero-order valence-electron chi connectivity index (χ0n) is 10.4. The smallest absolute Gasteiger partial charge is 0.141 e. The molecule has 0 bridgehead atoms.